The first-order valence-electron chi connectivity index (χ1n) is 10.4. The highest BCUT2D eigenvalue weighted by Gasteiger charge is 2.14. The van der Waals surface area contributed by atoms with Gasteiger partial charge in [0.15, 0.2) is 18.2 Å². The summed E-state index contributed by atoms with van der Waals surface area (Å²) in [5.74, 6) is 0.0204. The lowest BCUT2D eigenvalue weighted by Gasteiger charge is -2.11. The highest BCUT2D eigenvalue weighted by atomic mass is 35.5. The molecule has 34 heavy (non-hydrogen) atoms. The molecule has 3 aromatic carbocycles. The second kappa shape index (κ2) is 10.5. The maximum absolute atomic E-state index is 13.2. The van der Waals surface area contributed by atoms with Crippen molar-refractivity contribution in [1.29, 1.82) is 0 Å². The van der Waals surface area contributed by atoms with E-state index >= 15 is 0 Å². The first kappa shape index (κ1) is 23.5. The minimum Gasteiger partial charge on any atom is -0.479 e. The molecule has 0 amide bonds. The number of fused-ring (bicyclic) bond motifs is 1. The third kappa shape index (κ3) is 5.11. The summed E-state index contributed by atoms with van der Waals surface area (Å²) in [6.07, 6.45) is 1.46. The number of nitrogens with zero attached hydrogens (tertiary/aromatic N) is 3. The van der Waals surface area contributed by atoms with Crippen LogP contribution in [-0.2, 0) is 9.53 Å². The largest absolute Gasteiger partial charge is 0.479 e. The second-order valence-corrected chi connectivity index (χ2v) is 7.90. The number of esters is 1. The van der Waals surface area contributed by atoms with Crippen molar-refractivity contribution >= 4 is 46.3 Å². The summed E-state index contributed by atoms with van der Waals surface area (Å²) in [6.45, 7) is 1.62. The Morgan fingerprint density at radius 2 is 1.74 bits per heavy atom. The SMILES string of the molecule is CCOC(=O)COc1c(Cl)cc(C=Nn2c(-c3ccccc3)nc3ccccc3c2=O)cc1Cl. The van der Waals surface area contributed by atoms with E-state index < -0.39 is 5.97 Å². The molecule has 0 unspecified atom stereocenters. The fourth-order valence-corrected chi connectivity index (χ4v) is 3.87. The van der Waals surface area contributed by atoms with Crippen LogP contribution in [0, 0.1) is 0 Å². The van der Waals surface area contributed by atoms with E-state index in [1.807, 2.05) is 36.4 Å². The van der Waals surface area contributed by atoms with Gasteiger partial charge in [0.25, 0.3) is 5.56 Å². The van der Waals surface area contributed by atoms with Gasteiger partial charge in [-0.1, -0.05) is 65.7 Å². The molecular weight excluding hydrogens is 477 g/mol. The first-order valence-corrected chi connectivity index (χ1v) is 11.1. The average molecular weight is 496 g/mol. The van der Waals surface area contributed by atoms with Gasteiger partial charge in [-0.3, -0.25) is 4.79 Å². The lowest BCUT2D eigenvalue weighted by atomic mass is 10.2. The van der Waals surface area contributed by atoms with Crippen molar-refractivity contribution in [2.45, 2.75) is 6.92 Å². The predicted molar refractivity (Wildman–Crippen MR) is 133 cm³/mol. The molecule has 0 aliphatic carbocycles. The Morgan fingerprint density at radius 3 is 2.44 bits per heavy atom. The van der Waals surface area contributed by atoms with Gasteiger partial charge < -0.3 is 9.47 Å². The van der Waals surface area contributed by atoms with Crippen molar-refractivity contribution < 1.29 is 14.3 Å². The molecule has 0 radical (unpaired) electrons. The molecule has 4 rings (SSSR count). The van der Waals surface area contributed by atoms with Crippen LogP contribution < -0.4 is 10.3 Å². The van der Waals surface area contributed by atoms with E-state index in [2.05, 4.69) is 10.1 Å². The monoisotopic (exact) mass is 495 g/mol. The minimum absolute atomic E-state index is 0.156. The smallest absolute Gasteiger partial charge is 0.344 e. The van der Waals surface area contributed by atoms with Crippen LogP contribution in [0.1, 0.15) is 12.5 Å². The van der Waals surface area contributed by atoms with Crippen LogP contribution in [0.5, 0.6) is 5.75 Å². The van der Waals surface area contributed by atoms with Crippen molar-refractivity contribution in [3.8, 4) is 17.1 Å². The Balaban J connectivity index is 1.72. The molecule has 0 aliphatic rings. The quantitative estimate of drug-likeness (QED) is 0.260. The predicted octanol–water partition coefficient (Wildman–Crippen LogP) is 5.19. The zero-order valence-electron chi connectivity index (χ0n) is 18.1. The summed E-state index contributed by atoms with van der Waals surface area (Å²) in [4.78, 5) is 29.4. The third-order valence-electron chi connectivity index (χ3n) is 4.77. The first-order chi connectivity index (χ1) is 16.5. The van der Waals surface area contributed by atoms with E-state index in [1.165, 1.54) is 10.9 Å². The molecular formula is C25H19Cl2N3O4. The number of carbonyl (C=O) groups is 1. The number of aromatic nitrogens is 2. The maximum Gasteiger partial charge on any atom is 0.344 e. The van der Waals surface area contributed by atoms with Gasteiger partial charge >= 0.3 is 5.97 Å². The summed E-state index contributed by atoms with van der Waals surface area (Å²) < 4.78 is 11.5. The van der Waals surface area contributed by atoms with Crippen LogP contribution in [0.3, 0.4) is 0 Å². The van der Waals surface area contributed by atoms with E-state index in [1.54, 1.807) is 37.3 Å². The lowest BCUT2D eigenvalue weighted by Crippen LogP contribution is -2.20. The molecule has 9 heteroatoms. The Bertz CT molecular complexity index is 1410. The third-order valence-corrected chi connectivity index (χ3v) is 5.33. The molecule has 1 aromatic heterocycles. The number of hydrogen-bond acceptors (Lipinski definition) is 6. The number of benzene rings is 3. The molecule has 4 aromatic rings. The van der Waals surface area contributed by atoms with Crippen molar-refractivity contribution in [2.75, 3.05) is 13.2 Å². The van der Waals surface area contributed by atoms with Crippen molar-refractivity contribution in [1.82, 2.24) is 9.66 Å². The van der Waals surface area contributed by atoms with Gasteiger partial charge in [-0.25, -0.2) is 9.78 Å². The number of para-hydroxylation sites is 1. The summed E-state index contributed by atoms with van der Waals surface area (Å²) in [7, 11) is 0. The van der Waals surface area contributed by atoms with Gasteiger partial charge in [-0.2, -0.15) is 9.78 Å². The van der Waals surface area contributed by atoms with Crippen LogP contribution in [0.4, 0.5) is 0 Å². The summed E-state index contributed by atoms with van der Waals surface area (Å²) in [5, 5.41) is 5.21. The van der Waals surface area contributed by atoms with Crippen LogP contribution in [-0.4, -0.2) is 35.1 Å². The van der Waals surface area contributed by atoms with Gasteiger partial charge in [0.2, 0.25) is 0 Å². The highest BCUT2D eigenvalue weighted by Crippen LogP contribution is 2.34. The van der Waals surface area contributed by atoms with Crippen LogP contribution in [0.2, 0.25) is 10.0 Å². The number of rotatable bonds is 7. The minimum atomic E-state index is -0.531. The maximum atomic E-state index is 13.2. The second-order valence-electron chi connectivity index (χ2n) is 7.09. The number of halogens is 2. The van der Waals surface area contributed by atoms with E-state index in [0.717, 1.165) is 5.56 Å². The van der Waals surface area contributed by atoms with E-state index in [0.29, 0.717) is 22.3 Å². The number of ether oxygens (including phenoxy) is 2. The van der Waals surface area contributed by atoms with Gasteiger partial charge in [0.05, 0.1) is 33.8 Å². The van der Waals surface area contributed by atoms with Gasteiger partial charge in [0.1, 0.15) is 0 Å². The molecule has 0 fully saturated rings. The van der Waals surface area contributed by atoms with Gasteiger partial charge in [0, 0.05) is 5.56 Å². The molecule has 0 saturated heterocycles. The normalized spacial score (nSPS) is 11.1. The van der Waals surface area contributed by atoms with Crippen LogP contribution >= 0.6 is 23.2 Å². The van der Waals surface area contributed by atoms with Crippen molar-refractivity contribution in [3.05, 3.63) is 92.7 Å². The summed E-state index contributed by atoms with van der Waals surface area (Å²) in [5.41, 5.74) is 1.53. The Hall–Kier alpha value is -3.68. The number of carbonyl (C=O) groups excluding carboxylic acids is 1. The highest BCUT2D eigenvalue weighted by molar-refractivity contribution is 6.37. The van der Waals surface area contributed by atoms with Crippen LogP contribution in [0.25, 0.3) is 22.3 Å². The molecule has 1 heterocycles. The Kier molecular flexibility index (Phi) is 7.25. The molecule has 0 saturated carbocycles. The lowest BCUT2D eigenvalue weighted by molar-refractivity contribution is -0.145. The van der Waals surface area contributed by atoms with E-state index in [-0.39, 0.29) is 34.6 Å². The Morgan fingerprint density at radius 1 is 1.06 bits per heavy atom. The molecule has 0 bridgehead atoms. The fraction of sp³-hybridized carbons (Fsp3) is 0.120. The standard InChI is InChI=1S/C25H19Cl2N3O4/c1-2-33-22(31)15-34-23-19(26)12-16(13-20(23)27)14-28-30-24(17-8-4-3-5-9-17)29-21-11-7-6-10-18(21)25(30)32/h3-14H,2,15H2,1H3. The number of hydrogen-bond donors (Lipinski definition) is 0. The molecule has 0 spiro atoms. The fourth-order valence-electron chi connectivity index (χ4n) is 3.25. The summed E-state index contributed by atoms with van der Waals surface area (Å²) >= 11 is 12.6. The zero-order chi connectivity index (χ0) is 24.1. The molecule has 7 nitrogen and oxygen atoms in total. The van der Waals surface area contributed by atoms with E-state index in [4.69, 9.17) is 32.7 Å². The topological polar surface area (TPSA) is 82.8 Å². The Labute approximate surface area is 205 Å². The zero-order valence-corrected chi connectivity index (χ0v) is 19.6. The van der Waals surface area contributed by atoms with Crippen molar-refractivity contribution in [3.63, 3.8) is 0 Å². The molecule has 0 atom stereocenters. The van der Waals surface area contributed by atoms with E-state index in [9.17, 15) is 9.59 Å². The van der Waals surface area contributed by atoms with Gasteiger partial charge in [-0.15, -0.1) is 0 Å². The van der Waals surface area contributed by atoms with Crippen LogP contribution in [0.15, 0.2) is 76.6 Å². The molecule has 172 valence electrons. The average Bonchev–Trinajstić information content (AvgIpc) is 2.83. The molecule has 0 aliphatic heterocycles. The van der Waals surface area contributed by atoms with Crippen molar-refractivity contribution in [2.24, 2.45) is 5.10 Å². The molecule has 0 N–H and O–H groups in total. The summed E-state index contributed by atoms with van der Waals surface area (Å²) in [6, 6.07) is 19.5. The van der Waals surface area contributed by atoms with Gasteiger partial charge in [-0.05, 0) is 36.8 Å².